The molecule has 0 saturated carbocycles. The minimum atomic E-state index is -1.78. The summed E-state index contributed by atoms with van der Waals surface area (Å²) < 4.78 is 3.88. The summed E-state index contributed by atoms with van der Waals surface area (Å²) in [4.78, 5) is 12.9. The Hall–Kier alpha value is 0.269. The van der Waals surface area contributed by atoms with Crippen LogP contribution in [-0.2, 0) is 4.79 Å². The number of carboxylic acid groups (broad SMARTS) is 1. The summed E-state index contributed by atoms with van der Waals surface area (Å²) >= 11 is -1.78. The average Bonchev–Trinajstić information content (AvgIpc) is 2.62. The third-order valence-corrected chi connectivity index (χ3v) is 25.1. The molecule has 1 N–H and O–H groups in total. The van der Waals surface area contributed by atoms with E-state index >= 15 is 0 Å². The predicted octanol–water partition coefficient (Wildman–Crippen LogP) is 9.46. The summed E-state index contributed by atoms with van der Waals surface area (Å²) in [6.45, 7) is 14.4. The van der Waals surface area contributed by atoms with Gasteiger partial charge in [-0.2, -0.15) is 0 Å². The van der Waals surface area contributed by atoms with Crippen molar-refractivity contribution in [1.82, 2.24) is 0 Å². The van der Waals surface area contributed by atoms with Crippen molar-refractivity contribution in [1.29, 1.82) is 0 Å². The fourth-order valence-corrected chi connectivity index (χ4v) is 15.1. The van der Waals surface area contributed by atoms with Crippen molar-refractivity contribution in [2.45, 2.75) is 149 Å². The zero-order valence-electron chi connectivity index (χ0n) is 20.7. The predicted molar refractivity (Wildman–Crippen MR) is 130 cm³/mol. The molecule has 0 fully saturated rings. The van der Waals surface area contributed by atoms with E-state index < -0.39 is 24.3 Å². The van der Waals surface area contributed by atoms with Crippen molar-refractivity contribution in [3.05, 3.63) is 0 Å². The number of carboxylic acids is 1. The van der Waals surface area contributed by atoms with Crippen LogP contribution in [0.3, 0.4) is 0 Å². The molecule has 0 radical (unpaired) electrons. The van der Waals surface area contributed by atoms with Gasteiger partial charge in [-0.15, -0.1) is 0 Å². The van der Waals surface area contributed by atoms with Gasteiger partial charge in [0.1, 0.15) is 0 Å². The first-order valence-electron chi connectivity index (χ1n) is 12.4. The van der Waals surface area contributed by atoms with Crippen LogP contribution in [0.4, 0.5) is 0 Å². The van der Waals surface area contributed by atoms with Gasteiger partial charge in [0.25, 0.3) is 0 Å². The Morgan fingerprint density at radius 3 is 1.36 bits per heavy atom. The second-order valence-corrected chi connectivity index (χ2v) is 26.0. The van der Waals surface area contributed by atoms with Gasteiger partial charge in [0.05, 0.1) is 0 Å². The van der Waals surface area contributed by atoms with E-state index in [9.17, 15) is 4.79 Å². The van der Waals surface area contributed by atoms with Gasteiger partial charge in [0, 0.05) is 6.42 Å². The number of hydrogen-bond acceptors (Lipinski definition) is 1. The van der Waals surface area contributed by atoms with Crippen LogP contribution in [0.25, 0.3) is 0 Å². The van der Waals surface area contributed by atoms with Gasteiger partial charge in [-0.05, 0) is 6.42 Å². The van der Waals surface area contributed by atoms with Crippen molar-refractivity contribution in [2.24, 2.45) is 0 Å². The van der Waals surface area contributed by atoms with Crippen LogP contribution in [-0.4, -0.2) is 29.5 Å². The van der Waals surface area contributed by atoms with Crippen LogP contribution in [0.2, 0.25) is 17.2 Å². The Labute approximate surface area is 182 Å². The first-order chi connectivity index (χ1) is 13.1. The summed E-state index contributed by atoms with van der Waals surface area (Å²) in [6, 6.07) is 0. The second-order valence-electron chi connectivity index (χ2n) is 9.99. The molecule has 2 nitrogen and oxygen atoms in total. The molecule has 0 unspecified atom stereocenters. The molecule has 0 aliphatic carbocycles. The van der Waals surface area contributed by atoms with Crippen molar-refractivity contribution in [3.8, 4) is 0 Å². The Morgan fingerprint density at radius 1 is 0.679 bits per heavy atom. The molecule has 0 aliphatic rings. The van der Waals surface area contributed by atoms with E-state index in [1.165, 1.54) is 70.6 Å². The van der Waals surface area contributed by atoms with Crippen LogP contribution in [0, 0.1) is 0 Å². The Morgan fingerprint density at radius 2 is 1.04 bits per heavy atom. The van der Waals surface area contributed by atoms with Crippen LogP contribution in [0.1, 0.15) is 131 Å². The third-order valence-electron chi connectivity index (χ3n) is 6.47. The summed E-state index contributed by atoms with van der Waals surface area (Å²) in [6.07, 6.45) is 17.2. The van der Waals surface area contributed by atoms with E-state index in [-0.39, 0.29) is 0 Å². The summed E-state index contributed by atoms with van der Waals surface area (Å²) in [5, 5.41) is 8.41. The maximum absolute atomic E-state index is 10.2. The fraction of sp³-hybridized carbons (Fsp3) is 0.960. The molecule has 0 heterocycles. The zero-order valence-corrected chi connectivity index (χ0v) is 23.5. The first kappa shape index (κ1) is 30.5. The molecular formula is C25H54O2Sn. The van der Waals surface area contributed by atoms with E-state index in [0.717, 1.165) is 12.8 Å². The molecule has 0 saturated heterocycles. The molecule has 0 aromatic carbocycles. The van der Waals surface area contributed by atoms with Crippen LogP contribution in [0.5, 0.6) is 0 Å². The minimum absolute atomic E-state index is 0.343. The number of unbranched alkanes of at least 4 members (excludes halogenated alkanes) is 10. The number of rotatable bonds is 16. The molecule has 3 heteroatoms. The standard InChI is InChI=1S/C12H24O2.3C4H9.CH3.Sn/c1-2-3-4-5-6-7-8-9-10-11-12(13)14;1-4(2)3;2*1-3-4-2;;/h2-11H2,1H3,(H,13,14);1-3H3;2*1,3-4H2,2H3;1H3;. The SMILES string of the molecule is CCCCCCCCCCCC(=O)O.CCC[CH2][Sn]([CH3])([CH2]CCC)[C](C)(C)C. The molecule has 0 aliphatic heterocycles. The summed E-state index contributed by atoms with van der Waals surface area (Å²) in [7, 11) is 0. The first-order valence-corrected chi connectivity index (χ1v) is 20.7. The Bertz CT molecular complexity index is 339. The molecular weight excluding hydrogens is 451 g/mol. The van der Waals surface area contributed by atoms with Gasteiger partial charge in [-0.3, -0.25) is 4.79 Å². The molecule has 0 aromatic rings. The molecule has 0 bridgehead atoms. The van der Waals surface area contributed by atoms with Gasteiger partial charge in [0.15, 0.2) is 0 Å². The Balaban J connectivity index is 0. The van der Waals surface area contributed by atoms with Crippen LogP contribution < -0.4 is 0 Å². The number of hydrogen-bond donors (Lipinski definition) is 1. The third kappa shape index (κ3) is 18.3. The topological polar surface area (TPSA) is 37.3 Å². The van der Waals surface area contributed by atoms with E-state index in [1.54, 1.807) is 8.87 Å². The van der Waals surface area contributed by atoms with Crippen LogP contribution in [0.15, 0.2) is 0 Å². The van der Waals surface area contributed by atoms with Crippen LogP contribution >= 0.6 is 0 Å². The second kappa shape index (κ2) is 19.2. The van der Waals surface area contributed by atoms with E-state index in [2.05, 4.69) is 46.5 Å². The van der Waals surface area contributed by atoms with E-state index in [1.807, 2.05) is 0 Å². The summed E-state index contributed by atoms with van der Waals surface area (Å²) in [5.41, 5.74) is 0. The van der Waals surface area contributed by atoms with Gasteiger partial charge >= 0.3 is 102 Å². The molecule has 28 heavy (non-hydrogen) atoms. The van der Waals surface area contributed by atoms with Crippen molar-refractivity contribution >= 4 is 24.3 Å². The molecule has 0 amide bonds. The molecule has 0 atom stereocenters. The zero-order chi connectivity index (χ0) is 21.9. The van der Waals surface area contributed by atoms with Gasteiger partial charge in [-0.1, -0.05) is 58.3 Å². The number of aliphatic carboxylic acids is 1. The quantitative estimate of drug-likeness (QED) is 0.168. The number of carbonyl (C=O) groups is 1. The van der Waals surface area contributed by atoms with Gasteiger partial charge in [-0.25, -0.2) is 0 Å². The van der Waals surface area contributed by atoms with Gasteiger partial charge < -0.3 is 5.11 Å². The van der Waals surface area contributed by atoms with Crippen molar-refractivity contribution < 1.29 is 9.90 Å². The summed E-state index contributed by atoms with van der Waals surface area (Å²) in [5.74, 6) is -0.659. The Kier molecular flexibility index (Phi) is 20.9. The molecule has 0 spiro atoms. The van der Waals surface area contributed by atoms with E-state index in [0.29, 0.717) is 9.85 Å². The average molecular weight is 505 g/mol. The molecule has 170 valence electrons. The molecule has 0 aromatic heterocycles. The van der Waals surface area contributed by atoms with Crippen molar-refractivity contribution in [3.63, 3.8) is 0 Å². The van der Waals surface area contributed by atoms with Gasteiger partial charge in [0.2, 0.25) is 0 Å². The monoisotopic (exact) mass is 506 g/mol. The normalized spacial score (nSPS) is 11.8. The van der Waals surface area contributed by atoms with E-state index in [4.69, 9.17) is 5.11 Å². The maximum atomic E-state index is 10.2. The fourth-order valence-electron chi connectivity index (χ4n) is 3.60. The van der Waals surface area contributed by atoms with Crippen molar-refractivity contribution in [2.75, 3.05) is 0 Å². The molecule has 0 rings (SSSR count).